The summed E-state index contributed by atoms with van der Waals surface area (Å²) in [4.78, 5) is 4.42. The Morgan fingerprint density at radius 3 is 2.45 bits per heavy atom. The number of benzene rings is 1. The van der Waals surface area contributed by atoms with E-state index in [0.717, 1.165) is 22.0 Å². The molecule has 1 heterocycles. The highest BCUT2D eigenvalue weighted by Gasteiger charge is 2.14. The summed E-state index contributed by atoms with van der Waals surface area (Å²) in [6, 6.07) is 11.7. The Morgan fingerprint density at radius 1 is 1.15 bits per heavy atom. The van der Waals surface area contributed by atoms with Crippen LogP contribution in [0.4, 0.5) is 11.4 Å². The number of azo groups is 1. The van der Waals surface area contributed by atoms with Crippen LogP contribution in [-0.4, -0.2) is 11.2 Å². The molecule has 0 saturated heterocycles. The van der Waals surface area contributed by atoms with Crippen molar-refractivity contribution < 1.29 is 0 Å². The van der Waals surface area contributed by atoms with Crippen molar-refractivity contribution in [1.82, 2.24) is 4.98 Å². The van der Waals surface area contributed by atoms with Gasteiger partial charge in [0.1, 0.15) is 16.8 Å². The lowest BCUT2D eigenvalue weighted by Crippen LogP contribution is -1.95. The molecule has 0 spiro atoms. The Labute approximate surface area is 122 Å². The Morgan fingerprint density at radius 2 is 1.85 bits per heavy atom. The lowest BCUT2D eigenvalue weighted by Gasteiger charge is -2.08. The normalized spacial score (nSPS) is 10.7. The Hall–Kier alpha value is -2.19. The van der Waals surface area contributed by atoms with Crippen molar-refractivity contribution in [3.63, 3.8) is 0 Å². The summed E-state index contributed by atoms with van der Waals surface area (Å²) >= 11 is 1.47. The molecule has 0 atom stereocenters. The van der Waals surface area contributed by atoms with E-state index in [-0.39, 0.29) is 0 Å². The zero-order valence-corrected chi connectivity index (χ0v) is 12.4. The van der Waals surface area contributed by atoms with Crippen LogP contribution in [0.5, 0.6) is 0 Å². The van der Waals surface area contributed by atoms with Crippen molar-refractivity contribution in [3.8, 4) is 6.07 Å². The van der Waals surface area contributed by atoms with Crippen molar-refractivity contribution in [2.45, 2.75) is 18.9 Å². The van der Waals surface area contributed by atoms with E-state index in [1.165, 1.54) is 11.8 Å². The first-order chi connectivity index (χ1) is 9.67. The minimum atomic E-state index is 0.574. The summed E-state index contributed by atoms with van der Waals surface area (Å²) in [5.74, 6) is 0. The third-order valence-electron chi connectivity index (χ3n) is 2.88. The van der Waals surface area contributed by atoms with E-state index in [1.807, 2.05) is 50.4 Å². The van der Waals surface area contributed by atoms with Gasteiger partial charge in [0, 0.05) is 0 Å². The first-order valence-corrected chi connectivity index (χ1v) is 7.32. The maximum absolute atomic E-state index is 9.26. The van der Waals surface area contributed by atoms with Crippen LogP contribution >= 0.6 is 11.8 Å². The minimum Gasteiger partial charge on any atom is -0.243 e. The third kappa shape index (κ3) is 2.86. The molecule has 0 aliphatic heterocycles. The summed E-state index contributed by atoms with van der Waals surface area (Å²) in [6.45, 7) is 3.76. The first kappa shape index (κ1) is 14.2. The van der Waals surface area contributed by atoms with Crippen LogP contribution in [0.1, 0.15) is 16.8 Å². The smallest absolute Gasteiger partial charge is 0.114 e. The maximum atomic E-state index is 9.26. The molecule has 0 amide bonds. The highest BCUT2D eigenvalue weighted by Crippen LogP contribution is 2.31. The van der Waals surface area contributed by atoms with E-state index >= 15 is 0 Å². The quantitative estimate of drug-likeness (QED) is 0.605. The topological polar surface area (TPSA) is 61.4 Å². The third-order valence-corrected chi connectivity index (χ3v) is 3.56. The lowest BCUT2D eigenvalue weighted by molar-refractivity contribution is 1.01. The molecule has 0 radical (unpaired) electrons. The fourth-order valence-corrected chi connectivity index (χ4v) is 2.47. The average Bonchev–Trinajstić information content (AvgIpc) is 2.47. The number of hydrogen-bond donors (Lipinski definition) is 0. The van der Waals surface area contributed by atoms with Crippen LogP contribution in [-0.2, 0) is 0 Å². The predicted molar refractivity (Wildman–Crippen MR) is 80.8 cm³/mol. The molecule has 0 saturated carbocycles. The van der Waals surface area contributed by atoms with E-state index in [2.05, 4.69) is 21.3 Å². The van der Waals surface area contributed by atoms with E-state index in [0.29, 0.717) is 11.3 Å². The van der Waals surface area contributed by atoms with Crippen LogP contribution in [0.2, 0.25) is 0 Å². The molecule has 2 aromatic rings. The molecule has 5 heteroatoms. The molecule has 0 aliphatic carbocycles. The molecule has 20 heavy (non-hydrogen) atoms. The number of aryl methyl sites for hydroxylation is 1. The van der Waals surface area contributed by atoms with Crippen LogP contribution < -0.4 is 0 Å². The zero-order valence-electron chi connectivity index (χ0n) is 11.6. The van der Waals surface area contributed by atoms with E-state index in [4.69, 9.17) is 0 Å². The second-order valence-corrected chi connectivity index (χ2v) is 5.00. The standard InChI is InChI=1S/C15H14N4S/c1-10-13(9-16)15(20-3)17-11(2)14(10)19-18-12-7-5-4-6-8-12/h4-8H,1-3H3. The minimum absolute atomic E-state index is 0.574. The molecule has 100 valence electrons. The molecule has 0 unspecified atom stereocenters. The molecule has 0 fully saturated rings. The SMILES string of the molecule is CSc1nc(C)c(N=Nc2ccccc2)c(C)c1C#N. The summed E-state index contributed by atoms with van der Waals surface area (Å²) in [5, 5.41) is 18.5. The van der Waals surface area contributed by atoms with Crippen LogP contribution in [0, 0.1) is 25.2 Å². The molecule has 0 aliphatic rings. The summed E-state index contributed by atoms with van der Waals surface area (Å²) < 4.78 is 0. The van der Waals surface area contributed by atoms with E-state index in [1.54, 1.807) is 0 Å². The van der Waals surface area contributed by atoms with Gasteiger partial charge in [-0.3, -0.25) is 0 Å². The van der Waals surface area contributed by atoms with E-state index < -0.39 is 0 Å². The van der Waals surface area contributed by atoms with Gasteiger partial charge in [-0.1, -0.05) is 18.2 Å². The van der Waals surface area contributed by atoms with Gasteiger partial charge in [-0.2, -0.15) is 10.4 Å². The van der Waals surface area contributed by atoms with Crippen molar-refractivity contribution in [3.05, 3.63) is 47.2 Å². The van der Waals surface area contributed by atoms with Crippen LogP contribution in [0.3, 0.4) is 0 Å². The monoisotopic (exact) mass is 282 g/mol. The number of thioether (sulfide) groups is 1. The number of hydrogen-bond acceptors (Lipinski definition) is 5. The van der Waals surface area contributed by atoms with Gasteiger partial charge in [0.05, 0.1) is 16.9 Å². The Bertz CT molecular complexity index is 687. The number of aromatic nitrogens is 1. The van der Waals surface area contributed by atoms with Gasteiger partial charge in [-0.15, -0.1) is 16.9 Å². The van der Waals surface area contributed by atoms with Gasteiger partial charge in [0.15, 0.2) is 0 Å². The average molecular weight is 282 g/mol. The van der Waals surface area contributed by atoms with Crippen molar-refractivity contribution in [2.24, 2.45) is 10.2 Å². The first-order valence-electron chi connectivity index (χ1n) is 6.09. The molecule has 1 aromatic heterocycles. The molecule has 4 nitrogen and oxygen atoms in total. The highest BCUT2D eigenvalue weighted by atomic mass is 32.2. The highest BCUT2D eigenvalue weighted by molar-refractivity contribution is 7.98. The number of nitriles is 1. The fraction of sp³-hybridized carbons (Fsp3) is 0.200. The Kier molecular flexibility index (Phi) is 4.49. The molecule has 0 N–H and O–H groups in total. The molecule has 1 aromatic carbocycles. The number of pyridine rings is 1. The zero-order chi connectivity index (χ0) is 14.5. The van der Waals surface area contributed by atoms with Crippen molar-refractivity contribution >= 4 is 23.1 Å². The second-order valence-electron chi connectivity index (χ2n) is 4.20. The number of nitrogens with zero attached hydrogens (tertiary/aromatic N) is 4. The van der Waals surface area contributed by atoms with Gasteiger partial charge in [-0.25, -0.2) is 4.98 Å². The van der Waals surface area contributed by atoms with Crippen molar-refractivity contribution in [2.75, 3.05) is 6.26 Å². The van der Waals surface area contributed by atoms with Gasteiger partial charge in [0.2, 0.25) is 0 Å². The predicted octanol–water partition coefficient (Wildman–Crippen LogP) is 4.71. The molecule has 0 bridgehead atoms. The largest absolute Gasteiger partial charge is 0.243 e. The maximum Gasteiger partial charge on any atom is 0.114 e. The van der Waals surface area contributed by atoms with Crippen LogP contribution in [0.25, 0.3) is 0 Å². The molecular formula is C15H14N4S. The van der Waals surface area contributed by atoms with Gasteiger partial charge in [-0.05, 0) is 37.8 Å². The molecule has 2 rings (SSSR count). The van der Waals surface area contributed by atoms with Gasteiger partial charge < -0.3 is 0 Å². The molecular weight excluding hydrogens is 268 g/mol. The fourth-order valence-electron chi connectivity index (χ4n) is 1.84. The summed E-state index contributed by atoms with van der Waals surface area (Å²) in [6.07, 6.45) is 1.91. The lowest BCUT2D eigenvalue weighted by atomic mass is 10.1. The van der Waals surface area contributed by atoms with Crippen molar-refractivity contribution in [1.29, 1.82) is 5.26 Å². The number of rotatable bonds is 3. The Balaban J connectivity index is 2.48. The summed E-state index contributed by atoms with van der Waals surface area (Å²) in [7, 11) is 0. The van der Waals surface area contributed by atoms with E-state index in [9.17, 15) is 5.26 Å². The van der Waals surface area contributed by atoms with Gasteiger partial charge >= 0.3 is 0 Å². The van der Waals surface area contributed by atoms with Crippen LogP contribution in [0.15, 0.2) is 45.6 Å². The van der Waals surface area contributed by atoms with Gasteiger partial charge in [0.25, 0.3) is 0 Å². The second kappa shape index (κ2) is 6.31. The summed E-state index contributed by atoms with van der Waals surface area (Å²) in [5.41, 5.74) is 3.63.